The van der Waals surface area contributed by atoms with Crippen LogP contribution < -0.4 is 5.73 Å². The Labute approximate surface area is 80.2 Å². The van der Waals surface area contributed by atoms with Crippen LogP contribution in [0.2, 0.25) is 0 Å². The largest absolute Gasteiger partial charge is 0.368 e. The minimum absolute atomic E-state index is 0.0962. The molecular weight excluding hydrogens is 180 g/mol. The lowest BCUT2D eigenvalue weighted by Crippen LogP contribution is -2.16. The minimum atomic E-state index is -0.277. The third-order valence-corrected chi connectivity index (χ3v) is 1.79. The minimum Gasteiger partial charge on any atom is -0.368 e. The normalized spacial score (nSPS) is 10.0. The summed E-state index contributed by atoms with van der Waals surface area (Å²) in [6.07, 6.45) is 1.25. The molecular formula is C9H8N4O. The number of nitrogens with zero attached hydrogens (tertiary/aromatic N) is 3. The lowest BCUT2D eigenvalue weighted by molar-refractivity contribution is 0.0948. The Morgan fingerprint density at radius 2 is 2.00 bits per heavy atom. The van der Waals surface area contributed by atoms with Gasteiger partial charge in [0.1, 0.15) is 6.33 Å². The summed E-state index contributed by atoms with van der Waals surface area (Å²) in [7, 11) is 0. The van der Waals surface area contributed by atoms with Crippen LogP contribution in [0, 0.1) is 0 Å². The molecule has 70 valence electrons. The first-order chi connectivity index (χ1) is 6.79. The van der Waals surface area contributed by atoms with Gasteiger partial charge in [-0.25, -0.2) is 0 Å². The standard InChI is InChI=1S/C9H8N4O/c10-9-11-6-12-13(9)8(14)7-4-2-1-3-5-7/h1-6H,(H2,10,11,12). The summed E-state index contributed by atoms with van der Waals surface area (Å²) < 4.78 is 1.06. The summed E-state index contributed by atoms with van der Waals surface area (Å²) in [4.78, 5) is 15.4. The van der Waals surface area contributed by atoms with Crippen LogP contribution in [0.4, 0.5) is 5.95 Å². The van der Waals surface area contributed by atoms with Crippen molar-refractivity contribution >= 4 is 11.9 Å². The Morgan fingerprint density at radius 3 is 2.57 bits per heavy atom. The van der Waals surface area contributed by atoms with Crippen LogP contribution in [0.1, 0.15) is 10.4 Å². The molecule has 1 aromatic heterocycles. The number of nitrogen functional groups attached to an aromatic ring is 1. The van der Waals surface area contributed by atoms with Crippen LogP contribution in [-0.2, 0) is 0 Å². The van der Waals surface area contributed by atoms with E-state index in [4.69, 9.17) is 5.73 Å². The van der Waals surface area contributed by atoms with Crippen LogP contribution in [0.5, 0.6) is 0 Å². The van der Waals surface area contributed by atoms with Gasteiger partial charge in [0.15, 0.2) is 0 Å². The average Bonchev–Trinajstić information content (AvgIpc) is 2.65. The van der Waals surface area contributed by atoms with E-state index in [1.165, 1.54) is 6.33 Å². The lowest BCUT2D eigenvalue weighted by Gasteiger charge is -2.00. The molecule has 1 aromatic carbocycles. The Morgan fingerprint density at radius 1 is 1.29 bits per heavy atom. The van der Waals surface area contributed by atoms with E-state index in [2.05, 4.69) is 10.1 Å². The molecule has 2 N–H and O–H groups in total. The van der Waals surface area contributed by atoms with Gasteiger partial charge < -0.3 is 5.73 Å². The van der Waals surface area contributed by atoms with Gasteiger partial charge in [-0.05, 0) is 12.1 Å². The van der Waals surface area contributed by atoms with E-state index >= 15 is 0 Å². The predicted octanol–water partition coefficient (Wildman–Crippen LogP) is 0.549. The van der Waals surface area contributed by atoms with E-state index in [0.29, 0.717) is 5.56 Å². The van der Waals surface area contributed by atoms with Crippen molar-refractivity contribution in [3.8, 4) is 0 Å². The van der Waals surface area contributed by atoms with Gasteiger partial charge in [-0.15, -0.1) is 0 Å². The predicted molar refractivity (Wildman–Crippen MR) is 50.6 cm³/mol. The van der Waals surface area contributed by atoms with Crippen molar-refractivity contribution < 1.29 is 4.79 Å². The molecule has 14 heavy (non-hydrogen) atoms. The van der Waals surface area contributed by atoms with Crippen LogP contribution in [-0.4, -0.2) is 20.7 Å². The third kappa shape index (κ3) is 1.35. The first kappa shape index (κ1) is 8.43. The van der Waals surface area contributed by atoms with E-state index in [1.807, 2.05) is 6.07 Å². The molecule has 0 aliphatic carbocycles. The maximum atomic E-state index is 11.7. The molecule has 5 heteroatoms. The van der Waals surface area contributed by atoms with E-state index in [-0.39, 0.29) is 11.9 Å². The second-order valence-corrected chi connectivity index (χ2v) is 2.70. The molecule has 0 atom stereocenters. The summed E-state index contributed by atoms with van der Waals surface area (Å²) in [5.74, 6) is -0.181. The number of nitrogens with two attached hydrogens (primary N) is 1. The zero-order valence-electron chi connectivity index (χ0n) is 7.29. The highest BCUT2D eigenvalue weighted by atomic mass is 16.2. The molecule has 0 aliphatic rings. The van der Waals surface area contributed by atoms with Crippen molar-refractivity contribution in [2.45, 2.75) is 0 Å². The van der Waals surface area contributed by atoms with Crippen LogP contribution in [0.25, 0.3) is 0 Å². The highest BCUT2D eigenvalue weighted by Crippen LogP contribution is 2.04. The molecule has 0 aliphatic heterocycles. The number of carbonyl (C=O) groups excluding carboxylic acids is 1. The van der Waals surface area contributed by atoms with Crippen molar-refractivity contribution in [3.05, 3.63) is 42.2 Å². The molecule has 5 nitrogen and oxygen atoms in total. The van der Waals surface area contributed by atoms with E-state index in [1.54, 1.807) is 24.3 Å². The van der Waals surface area contributed by atoms with Crippen molar-refractivity contribution in [2.75, 3.05) is 5.73 Å². The monoisotopic (exact) mass is 188 g/mol. The Bertz CT molecular complexity index is 449. The van der Waals surface area contributed by atoms with Gasteiger partial charge in [0.05, 0.1) is 0 Å². The average molecular weight is 188 g/mol. The molecule has 1 heterocycles. The van der Waals surface area contributed by atoms with Gasteiger partial charge in [0.25, 0.3) is 5.91 Å². The SMILES string of the molecule is Nc1ncnn1C(=O)c1ccccc1. The second-order valence-electron chi connectivity index (χ2n) is 2.70. The molecule has 0 saturated carbocycles. The van der Waals surface area contributed by atoms with Crippen LogP contribution in [0.15, 0.2) is 36.7 Å². The number of benzene rings is 1. The summed E-state index contributed by atoms with van der Waals surface area (Å²) >= 11 is 0. The van der Waals surface area contributed by atoms with E-state index in [9.17, 15) is 4.79 Å². The zero-order valence-corrected chi connectivity index (χ0v) is 7.29. The molecule has 0 fully saturated rings. The third-order valence-electron chi connectivity index (χ3n) is 1.79. The number of hydrogen-bond donors (Lipinski definition) is 1. The van der Waals surface area contributed by atoms with Crippen molar-refractivity contribution in [1.29, 1.82) is 0 Å². The smallest absolute Gasteiger partial charge is 0.281 e. The van der Waals surface area contributed by atoms with E-state index in [0.717, 1.165) is 4.68 Å². The fourth-order valence-electron chi connectivity index (χ4n) is 1.11. The van der Waals surface area contributed by atoms with Gasteiger partial charge in [-0.2, -0.15) is 14.8 Å². The van der Waals surface area contributed by atoms with Crippen LogP contribution >= 0.6 is 0 Å². The van der Waals surface area contributed by atoms with Crippen LogP contribution in [0.3, 0.4) is 0 Å². The molecule has 2 aromatic rings. The fourth-order valence-corrected chi connectivity index (χ4v) is 1.11. The molecule has 2 rings (SSSR count). The van der Waals surface area contributed by atoms with Crippen molar-refractivity contribution in [1.82, 2.24) is 14.8 Å². The second kappa shape index (κ2) is 3.29. The molecule has 0 amide bonds. The molecule has 0 unspecified atom stereocenters. The van der Waals surface area contributed by atoms with Crippen molar-refractivity contribution in [2.24, 2.45) is 0 Å². The molecule has 0 radical (unpaired) electrons. The van der Waals surface area contributed by atoms with Gasteiger partial charge in [-0.1, -0.05) is 18.2 Å². The Hall–Kier alpha value is -2.17. The zero-order chi connectivity index (χ0) is 9.97. The van der Waals surface area contributed by atoms with Gasteiger partial charge in [0, 0.05) is 5.56 Å². The quantitative estimate of drug-likeness (QED) is 0.709. The van der Waals surface area contributed by atoms with Gasteiger partial charge in [0.2, 0.25) is 5.95 Å². The number of aromatic nitrogens is 3. The number of rotatable bonds is 1. The summed E-state index contributed by atoms with van der Waals surface area (Å²) in [6.45, 7) is 0. The summed E-state index contributed by atoms with van der Waals surface area (Å²) in [6, 6.07) is 8.79. The first-order valence-electron chi connectivity index (χ1n) is 4.04. The molecule has 0 bridgehead atoms. The Balaban J connectivity index is 2.39. The highest BCUT2D eigenvalue weighted by Gasteiger charge is 2.11. The number of carbonyl (C=O) groups is 1. The number of hydrogen-bond acceptors (Lipinski definition) is 4. The number of anilines is 1. The van der Waals surface area contributed by atoms with Crippen molar-refractivity contribution in [3.63, 3.8) is 0 Å². The first-order valence-corrected chi connectivity index (χ1v) is 4.04. The highest BCUT2D eigenvalue weighted by molar-refractivity contribution is 5.96. The summed E-state index contributed by atoms with van der Waals surface area (Å²) in [5, 5.41) is 3.72. The maximum absolute atomic E-state index is 11.7. The topological polar surface area (TPSA) is 73.8 Å². The van der Waals surface area contributed by atoms with Gasteiger partial charge >= 0.3 is 0 Å². The Kier molecular flexibility index (Phi) is 1.98. The molecule has 0 saturated heterocycles. The fraction of sp³-hybridized carbons (Fsp3) is 0. The molecule has 0 spiro atoms. The maximum Gasteiger partial charge on any atom is 0.281 e. The van der Waals surface area contributed by atoms with E-state index < -0.39 is 0 Å². The van der Waals surface area contributed by atoms with Gasteiger partial charge in [-0.3, -0.25) is 4.79 Å². The lowest BCUT2D eigenvalue weighted by atomic mass is 10.2. The summed E-state index contributed by atoms with van der Waals surface area (Å²) in [5.41, 5.74) is 5.98.